The van der Waals surface area contributed by atoms with Crippen LogP contribution in [0.1, 0.15) is 29.1 Å². The van der Waals surface area contributed by atoms with E-state index in [0.29, 0.717) is 5.82 Å². The molecule has 0 saturated carbocycles. The van der Waals surface area contributed by atoms with Gasteiger partial charge in [-0.3, -0.25) is 9.36 Å². The Kier molecular flexibility index (Phi) is 6.10. The maximum Gasteiger partial charge on any atom is 0.283 e. The fourth-order valence-corrected chi connectivity index (χ4v) is 7.57. The van der Waals surface area contributed by atoms with Crippen LogP contribution in [0, 0.1) is 6.92 Å². The summed E-state index contributed by atoms with van der Waals surface area (Å²) in [5.74, 6) is 0.605. The minimum Gasteiger partial charge on any atom is -0.284 e. The second kappa shape index (κ2) is 9.91. The minimum atomic E-state index is -0.0707. The van der Waals surface area contributed by atoms with Crippen molar-refractivity contribution < 1.29 is 0 Å². The van der Waals surface area contributed by atoms with Crippen LogP contribution in [0.25, 0.3) is 38.3 Å². The zero-order chi connectivity index (χ0) is 26.3. The van der Waals surface area contributed by atoms with Crippen LogP contribution in [0.3, 0.4) is 0 Å². The molecule has 3 heterocycles. The molecule has 3 aromatic carbocycles. The molecule has 0 atom stereocenters. The molecule has 7 heteroatoms. The van der Waals surface area contributed by atoms with Gasteiger partial charge in [-0.1, -0.05) is 72.8 Å². The molecule has 5 nitrogen and oxygen atoms in total. The van der Waals surface area contributed by atoms with E-state index >= 15 is 0 Å². The quantitative estimate of drug-likeness (QED) is 0.235. The molecule has 0 fully saturated rings. The van der Waals surface area contributed by atoms with Crippen molar-refractivity contribution in [3.8, 4) is 28.1 Å². The number of para-hydroxylation sites is 1. The molecule has 39 heavy (non-hydrogen) atoms. The number of aromatic nitrogens is 3. The summed E-state index contributed by atoms with van der Waals surface area (Å²) >= 11 is 3.20. The molecule has 0 aliphatic heterocycles. The Morgan fingerprint density at radius 3 is 2.26 bits per heavy atom. The summed E-state index contributed by atoms with van der Waals surface area (Å²) in [6.07, 6.45) is 4.28. The van der Waals surface area contributed by atoms with Gasteiger partial charge in [-0.25, -0.2) is 4.98 Å². The van der Waals surface area contributed by atoms with Gasteiger partial charge in [0.05, 0.1) is 11.1 Å². The highest BCUT2D eigenvalue weighted by Gasteiger charge is 2.21. The second-order valence-electron chi connectivity index (χ2n) is 9.78. The number of nitrogens with zero attached hydrogens (tertiary/aromatic N) is 4. The average Bonchev–Trinajstić information content (AvgIpc) is 3.57. The number of thiazole rings is 1. The van der Waals surface area contributed by atoms with Crippen molar-refractivity contribution in [3.63, 3.8) is 0 Å². The van der Waals surface area contributed by atoms with E-state index < -0.39 is 0 Å². The lowest BCUT2D eigenvalue weighted by Crippen LogP contribution is -2.25. The van der Waals surface area contributed by atoms with Crippen molar-refractivity contribution in [3.05, 3.63) is 122 Å². The Balaban J connectivity index is 1.40. The zero-order valence-electron chi connectivity index (χ0n) is 21.5. The van der Waals surface area contributed by atoms with Crippen LogP contribution >= 0.6 is 22.7 Å². The van der Waals surface area contributed by atoms with Crippen LogP contribution in [-0.4, -0.2) is 14.2 Å². The first-order valence-corrected chi connectivity index (χ1v) is 14.9. The summed E-state index contributed by atoms with van der Waals surface area (Å²) in [4.78, 5) is 21.5. The highest BCUT2D eigenvalue weighted by molar-refractivity contribution is 7.18. The highest BCUT2D eigenvalue weighted by atomic mass is 32.1. The smallest absolute Gasteiger partial charge is 0.283 e. The predicted molar refractivity (Wildman–Crippen MR) is 161 cm³/mol. The largest absolute Gasteiger partial charge is 0.284 e. The molecule has 0 bridgehead atoms. The van der Waals surface area contributed by atoms with Crippen molar-refractivity contribution in [1.29, 1.82) is 0 Å². The number of thiophene rings is 1. The van der Waals surface area contributed by atoms with E-state index in [1.165, 1.54) is 44.0 Å². The van der Waals surface area contributed by atoms with Crippen LogP contribution in [0.5, 0.6) is 0 Å². The molecule has 0 saturated heterocycles. The molecule has 1 aliphatic carbocycles. The van der Waals surface area contributed by atoms with Gasteiger partial charge in [0.15, 0.2) is 0 Å². The maximum atomic E-state index is 13.8. The number of hydrogen-bond acceptors (Lipinski definition) is 5. The van der Waals surface area contributed by atoms with E-state index in [4.69, 9.17) is 10.1 Å². The molecule has 0 amide bonds. The molecule has 0 N–H and O–H groups in total. The Labute approximate surface area is 234 Å². The molecule has 192 valence electrons. The summed E-state index contributed by atoms with van der Waals surface area (Å²) < 4.78 is 3.62. The van der Waals surface area contributed by atoms with Crippen molar-refractivity contribution in [1.82, 2.24) is 14.2 Å². The number of benzene rings is 3. The predicted octanol–water partition coefficient (Wildman–Crippen LogP) is 7.20. The minimum absolute atomic E-state index is 0.0707. The molecule has 6 aromatic rings. The Hall–Kier alpha value is -4.07. The van der Waals surface area contributed by atoms with Crippen LogP contribution in [0.15, 0.2) is 100 Å². The van der Waals surface area contributed by atoms with Gasteiger partial charge in [-0.15, -0.1) is 27.8 Å². The molecule has 1 aliphatic rings. The summed E-state index contributed by atoms with van der Waals surface area (Å²) in [6, 6.07) is 29.2. The number of aryl methyl sites for hydroxylation is 3. The Bertz CT molecular complexity index is 1930. The van der Waals surface area contributed by atoms with Crippen LogP contribution < -0.4 is 10.4 Å². The van der Waals surface area contributed by atoms with Gasteiger partial charge in [0, 0.05) is 15.9 Å². The maximum absolute atomic E-state index is 13.8. The Morgan fingerprint density at radius 2 is 1.49 bits per heavy atom. The van der Waals surface area contributed by atoms with Crippen molar-refractivity contribution >= 4 is 32.9 Å². The SMILES string of the molecule is Cc1nc2sc3c(c2c(=O)n1/N=c1\scc(-c2ccc(-c4ccccc4)cc2)n1-c1ccccc1)CCCC3. The summed E-state index contributed by atoms with van der Waals surface area (Å²) in [5, 5.41) is 7.80. The van der Waals surface area contributed by atoms with Gasteiger partial charge in [-0.2, -0.15) is 4.68 Å². The third-order valence-corrected chi connectivity index (χ3v) is 9.33. The number of fused-ring (bicyclic) bond motifs is 3. The average molecular weight is 547 g/mol. The van der Waals surface area contributed by atoms with E-state index in [2.05, 4.69) is 70.6 Å². The third-order valence-electron chi connectivity index (χ3n) is 7.32. The van der Waals surface area contributed by atoms with E-state index in [1.54, 1.807) is 11.3 Å². The van der Waals surface area contributed by atoms with E-state index in [1.807, 2.05) is 31.2 Å². The molecule has 3 aromatic heterocycles. The van der Waals surface area contributed by atoms with Crippen molar-refractivity contribution in [2.45, 2.75) is 32.6 Å². The van der Waals surface area contributed by atoms with Gasteiger partial charge in [0.1, 0.15) is 10.7 Å². The zero-order valence-corrected chi connectivity index (χ0v) is 23.1. The number of rotatable bonds is 4. The molecule has 7 rings (SSSR count). The van der Waals surface area contributed by atoms with E-state index in [9.17, 15) is 4.79 Å². The topological polar surface area (TPSA) is 52.2 Å². The number of hydrogen-bond donors (Lipinski definition) is 0. The van der Waals surface area contributed by atoms with Gasteiger partial charge in [-0.05, 0) is 67.0 Å². The van der Waals surface area contributed by atoms with Crippen LogP contribution in [0.2, 0.25) is 0 Å². The fourth-order valence-electron chi connectivity index (χ4n) is 5.37. The van der Waals surface area contributed by atoms with Crippen LogP contribution in [-0.2, 0) is 12.8 Å². The molecule has 0 radical (unpaired) electrons. The lowest BCUT2D eigenvalue weighted by molar-refractivity contribution is 0.696. The van der Waals surface area contributed by atoms with Gasteiger partial charge in [0.2, 0.25) is 4.80 Å². The summed E-state index contributed by atoms with van der Waals surface area (Å²) in [7, 11) is 0. The Morgan fingerprint density at radius 1 is 0.821 bits per heavy atom. The standard InChI is InChI=1S/C32H26N4OS2/c1-21-33-30-29(26-14-8-9-15-28(26)39-30)31(37)36(21)34-32-35(25-12-6-3-7-13-25)27(20-38-32)24-18-16-23(17-19-24)22-10-4-2-5-11-22/h2-7,10-13,16-20H,8-9,14-15H2,1H3/b34-32-. The van der Waals surface area contributed by atoms with E-state index in [0.717, 1.165) is 51.2 Å². The first kappa shape index (κ1) is 24.0. The van der Waals surface area contributed by atoms with Gasteiger partial charge in [0.25, 0.3) is 5.56 Å². The molecule has 0 spiro atoms. The normalized spacial score (nSPS) is 13.6. The lowest BCUT2D eigenvalue weighted by atomic mass is 9.97. The molecular weight excluding hydrogens is 521 g/mol. The van der Waals surface area contributed by atoms with Crippen molar-refractivity contribution in [2.75, 3.05) is 0 Å². The molecular formula is C32H26N4OS2. The van der Waals surface area contributed by atoms with Gasteiger partial charge < -0.3 is 0 Å². The fraction of sp³-hybridized carbons (Fsp3) is 0.156. The van der Waals surface area contributed by atoms with Gasteiger partial charge >= 0.3 is 0 Å². The van der Waals surface area contributed by atoms with Crippen molar-refractivity contribution in [2.24, 2.45) is 5.10 Å². The summed E-state index contributed by atoms with van der Waals surface area (Å²) in [5.41, 5.74) is 6.58. The first-order valence-electron chi connectivity index (χ1n) is 13.2. The first-order chi connectivity index (χ1) is 19.2. The second-order valence-corrected chi connectivity index (χ2v) is 11.7. The molecule has 0 unspecified atom stereocenters. The van der Waals surface area contributed by atoms with E-state index in [-0.39, 0.29) is 5.56 Å². The van der Waals surface area contributed by atoms with Crippen LogP contribution in [0.4, 0.5) is 0 Å². The highest BCUT2D eigenvalue weighted by Crippen LogP contribution is 2.34. The monoisotopic (exact) mass is 546 g/mol. The lowest BCUT2D eigenvalue weighted by Gasteiger charge is -2.11. The third kappa shape index (κ3) is 4.28. The summed E-state index contributed by atoms with van der Waals surface area (Å²) in [6.45, 7) is 1.87.